The molecule has 5 heteroatoms. The number of hydrogen-bond acceptors (Lipinski definition) is 4. The molecule has 0 aliphatic carbocycles. The van der Waals surface area contributed by atoms with Crippen LogP contribution in [-0.4, -0.2) is 17.2 Å². The molecule has 0 bridgehead atoms. The largest absolute Gasteiger partial charge is 0.507 e. The van der Waals surface area contributed by atoms with Crippen LogP contribution in [0.5, 0.6) is 5.75 Å². The van der Waals surface area contributed by atoms with E-state index in [0.717, 1.165) is 0 Å². The van der Waals surface area contributed by atoms with Crippen molar-refractivity contribution in [2.75, 3.05) is 0 Å². The zero-order chi connectivity index (χ0) is 12.6. The van der Waals surface area contributed by atoms with Crippen molar-refractivity contribution in [3.05, 3.63) is 34.5 Å². The average molecular weight is 233 g/mol. The molecule has 0 spiro atoms. The minimum absolute atomic E-state index is 0.0967. The second kappa shape index (κ2) is 3.93. The lowest BCUT2D eigenvalue weighted by Gasteiger charge is -2.04. The van der Waals surface area contributed by atoms with Crippen LogP contribution in [-0.2, 0) is 9.53 Å². The van der Waals surface area contributed by atoms with Gasteiger partial charge in [0.1, 0.15) is 11.4 Å². The van der Waals surface area contributed by atoms with Gasteiger partial charge in [-0.05, 0) is 48.7 Å². The Hall–Kier alpha value is -2.30. The van der Waals surface area contributed by atoms with Crippen LogP contribution in [0.25, 0.3) is 6.08 Å². The topological polar surface area (TPSA) is 75.6 Å². The number of carbonyl (C=O) groups excluding carboxylic acids is 2. The van der Waals surface area contributed by atoms with Gasteiger partial charge < -0.3 is 9.84 Å². The Balaban J connectivity index is 2.40. The number of phenolic OH excluding ortho intramolecular Hbond substituents is 1. The van der Waals surface area contributed by atoms with Crippen molar-refractivity contribution in [3.8, 4) is 5.75 Å². The summed E-state index contributed by atoms with van der Waals surface area (Å²) < 4.78 is 4.32. The third kappa shape index (κ3) is 2.13. The van der Waals surface area contributed by atoms with E-state index in [4.69, 9.17) is 0 Å². The highest BCUT2D eigenvalue weighted by Gasteiger charge is 2.25. The fourth-order valence-electron chi connectivity index (χ4n) is 1.66. The minimum Gasteiger partial charge on any atom is -0.507 e. The smallest absolute Gasteiger partial charge is 0.419 e. The normalized spacial score (nSPS) is 17.2. The number of rotatable bonds is 1. The van der Waals surface area contributed by atoms with Crippen molar-refractivity contribution in [1.82, 2.24) is 5.32 Å². The lowest BCUT2D eigenvalue weighted by atomic mass is 10.0. The summed E-state index contributed by atoms with van der Waals surface area (Å²) >= 11 is 0. The Morgan fingerprint density at radius 1 is 1.24 bits per heavy atom. The van der Waals surface area contributed by atoms with Gasteiger partial charge in [0.15, 0.2) is 0 Å². The van der Waals surface area contributed by atoms with Crippen LogP contribution in [0.1, 0.15) is 16.7 Å². The first-order chi connectivity index (χ1) is 7.97. The quantitative estimate of drug-likeness (QED) is 0.439. The maximum absolute atomic E-state index is 11.2. The third-order valence-electron chi connectivity index (χ3n) is 2.47. The first-order valence-corrected chi connectivity index (χ1v) is 5.02. The zero-order valence-corrected chi connectivity index (χ0v) is 9.40. The molecule has 88 valence electrons. The molecule has 5 nitrogen and oxygen atoms in total. The number of esters is 1. The molecule has 1 heterocycles. The molecule has 1 aliphatic heterocycles. The number of benzene rings is 1. The third-order valence-corrected chi connectivity index (χ3v) is 2.47. The van der Waals surface area contributed by atoms with Gasteiger partial charge in [-0.15, -0.1) is 0 Å². The summed E-state index contributed by atoms with van der Waals surface area (Å²) in [4.78, 5) is 22.0. The van der Waals surface area contributed by atoms with Gasteiger partial charge in [-0.3, -0.25) is 5.32 Å². The van der Waals surface area contributed by atoms with Gasteiger partial charge in [-0.25, -0.2) is 9.59 Å². The predicted octanol–water partition coefficient (Wildman–Crippen LogP) is 1.62. The number of alkyl carbamates (subject to hydrolysis) is 1. The molecule has 1 aromatic carbocycles. The molecule has 1 amide bonds. The number of ether oxygens (including phenoxy) is 1. The molecule has 17 heavy (non-hydrogen) atoms. The van der Waals surface area contributed by atoms with E-state index in [1.54, 1.807) is 26.0 Å². The first kappa shape index (κ1) is 11.2. The molecule has 0 unspecified atom stereocenters. The lowest BCUT2D eigenvalue weighted by molar-refractivity contribution is -0.130. The average Bonchev–Trinajstić information content (AvgIpc) is 2.54. The monoisotopic (exact) mass is 233 g/mol. The number of nitrogens with one attached hydrogen (secondary N) is 1. The van der Waals surface area contributed by atoms with E-state index in [1.807, 2.05) is 0 Å². The summed E-state index contributed by atoms with van der Waals surface area (Å²) in [6.07, 6.45) is 0.737. The van der Waals surface area contributed by atoms with E-state index < -0.39 is 12.1 Å². The van der Waals surface area contributed by atoms with Crippen molar-refractivity contribution in [2.45, 2.75) is 13.8 Å². The van der Waals surface area contributed by atoms with Crippen molar-refractivity contribution in [1.29, 1.82) is 0 Å². The molecule has 0 radical (unpaired) electrons. The lowest BCUT2D eigenvalue weighted by Crippen LogP contribution is -2.11. The van der Waals surface area contributed by atoms with Crippen molar-refractivity contribution >= 4 is 18.1 Å². The van der Waals surface area contributed by atoms with Crippen molar-refractivity contribution in [3.63, 3.8) is 0 Å². The van der Waals surface area contributed by atoms with E-state index >= 15 is 0 Å². The van der Waals surface area contributed by atoms with Crippen molar-refractivity contribution < 1.29 is 19.4 Å². The zero-order valence-electron chi connectivity index (χ0n) is 9.40. The molecular weight excluding hydrogens is 222 g/mol. The van der Waals surface area contributed by atoms with Crippen LogP contribution in [0.4, 0.5) is 4.79 Å². The van der Waals surface area contributed by atoms with Crippen LogP contribution in [0.3, 0.4) is 0 Å². The molecule has 0 atom stereocenters. The minimum atomic E-state index is -0.770. The summed E-state index contributed by atoms with van der Waals surface area (Å²) in [6.45, 7) is 3.52. The predicted molar refractivity (Wildman–Crippen MR) is 60.2 cm³/mol. The molecule has 0 aromatic heterocycles. The molecular formula is C12H11NO4. The Morgan fingerprint density at radius 3 is 2.29 bits per heavy atom. The Kier molecular flexibility index (Phi) is 2.59. The summed E-state index contributed by atoms with van der Waals surface area (Å²) in [5.74, 6) is -0.469. The van der Waals surface area contributed by atoms with Crippen molar-refractivity contribution in [2.24, 2.45) is 0 Å². The molecule has 2 N–H and O–H groups in total. The number of aryl methyl sites for hydroxylation is 2. The van der Waals surface area contributed by atoms with Gasteiger partial charge in [0.05, 0.1) is 0 Å². The molecule has 1 fully saturated rings. The Labute approximate surface area is 97.7 Å². The van der Waals surface area contributed by atoms with Gasteiger partial charge in [-0.1, -0.05) is 0 Å². The van der Waals surface area contributed by atoms with Crippen LogP contribution in [0.15, 0.2) is 17.8 Å². The highest BCUT2D eigenvalue weighted by molar-refractivity contribution is 6.06. The van der Waals surface area contributed by atoms with Crippen LogP contribution < -0.4 is 5.32 Å². The van der Waals surface area contributed by atoms with E-state index in [1.165, 1.54) is 6.08 Å². The second-order valence-electron chi connectivity index (χ2n) is 3.86. The summed E-state index contributed by atoms with van der Waals surface area (Å²) in [5, 5.41) is 11.9. The molecule has 1 aliphatic rings. The standard InChI is InChI=1S/C12H11NO4/c1-6-3-8(4-7(2)10(6)14)5-9-11(15)17-12(16)13-9/h3-5,14H,1-2H3,(H,13,16). The maximum atomic E-state index is 11.2. The molecule has 0 saturated carbocycles. The summed E-state index contributed by atoms with van der Waals surface area (Å²) in [5.41, 5.74) is 2.22. The number of hydrogen-bond donors (Lipinski definition) is 2. The van der Waals surface area contributed by atoms with E-state index in [2.05, 4.69) is 10.1 Å². The fraction of sp³-hybridized carbons (Fsp3) is 0.167. The highest BCUT2D eigenvalue weighted by atomic mass is 16.6. The molecule has 1 aromatic rings. The number of phenols is 1. The van der Waals surface area contributed by atoms with E-state index in [-0.39, 0.29) is 11.4 Å². The van der Waals surface area contributed by atoms with E-state index in [0.29, 0.717) is 16.7 Å². The fourth-order valence-corrected chi connectivity index (χ4v) is 1.66. The highest BCUT2D eigenvalue weighted by Crippen LogP contribution is 2.24. The Morgan fingerprint density at radius 2 is 1.82 bits per heavy atom. The van der Waals surface area contributed by atoms with Crippen LogP contribution in [0, 0.1) is 13.8 Å². The Bertz CT molecular complexity index is 522. The number of cyclic esters (lactones) is 2. The molecule has 1 saturated heterocycles. The number of amides is 1. The van der Waals surface area contributed by atoms with Gasteiger partial charge in [0.25, 0.3) is 0 Å². The van der Waals surface area contributed by atoms with E-state index in [9.17, 15) is 14.7 Å². The van der Waals surface area contributed by atoms with Gasteiger partial charge >= 0.3 is 12.1 Å². The summed E-state index contributed by atoms with van der Waals surface area (Å²) in [6, 6.07) is 3.43. The SMILES string of the molecule is Cc1cc(C=C2NC(=O)OC2=O)cc(C)c1O. The van der Waals surface area contributed by atoms with Gasteiger partial charge in [-0.2, -0.15) is 0 Å². The first-order valence-electron chi connectivity index (χ1n) is 5.02. The number of carbonyl (C=O) groups is 2. The van der Waals surface area contributed by atoms with Gasteiger partial charge in [0.2, 0.25) is 0 Å². The maximum Gasteiger partial charge on any atom is 0.419 e. The van der Waals surface area contributed by atoms with Gasteiger partial charge in [0, 0.05) is 0 Å². The van der Waals surface area contributed by atoms with Crippen LogP contribution >= 0.6 is 0 Å². The number of aromatic hydroxyl groups is 1. The molecule has 2 rings (SSSR count). The second-order valence-corrected chi connectivity index (χ2v) is 3.86. The summed E-state index contributed by atoms with van der Waals surface area (Å²) in [7, 11) is 0. The van der Waals surface area contributed by atoms with Crippen LogP contribution in [0.2, 0.25) is 0 Å².